The van der Waals surface area contributed by atoms with Crippen molar-refractivity contribution >= 4 is 34.1 Å². The summed E-state index contributed by atoms with van der Waals surface area (Å²) in [7, 11) is 0. The van der Waals surface area contributed by atoms with Crippen LogP contribution in [0, 0.1) is 0 Å². The molecule has 1 saturated heterocycles. The zero-order valence-corrected chi connectivity index (χ0v) is 10.2. The van der Waals surface area contributed by atoms with E-state index < -0.39 is 0 Å². The quantitative estimate of drug-likeness (QED) is 0.812. The van der Waals surface area contributed by atoms with Crippen LogP contribution in [0.4, 0.5) is 5.13 Å². The molecule has 1 unspecified atom stereocenters. The van der Waals surface area contributed by atoms with Gasteiger partial charge < -0.3 is 0 Å². The predicted molar refractivity (Wildman–Crippen MR) is 63.2 cm³/mol. The van der Waals surface area contributed by atoms with E-state index in [2.05, 4.69) is 17.1 Å². The normalized spacial score (nSPS) is 21.3. The Labute approximate surface area is 97.1 Å². The molecule has 1 aliphatic heterocycles. The lowest BCUT2D eigenvalue weighted by Crippen LogP contribution is -2.32. The summed E-state index contributed by atoms with van der Waals surface area (Å²) in [5.74, 6) is 0.742. The highest BCUT2D eigenvalue weighted by atomic mass is 32.2. The van der Waals surface area contributed by atoms with Crippen molar-refractivity contribution in [1.29, 1.82) is 0 Å². The number of anilines is 1. The summed E-state index contributed by atoms with van der Waals surface area (Å²) < 4.78 is 0. The summed E-state index contributed by atoms with van der Waals surface area (Å²) in [6.07, 6.45) is 3.36. The van der Waals surface area contributed by atoms with Gasteiger partial charge in [-0.15, -0.1) is 22.0 Å². The van der Waals surface area contributed by atoms with Crippen LogP contribution in [0.15, 0.2) is 5.51 Å². The standard InChI is InChI=1S/C9H13N3OS2/c1-2-3-4-8-12(7(13)5-14-8)9-11-10-6-15-9/h6,8H,2-5H2,1H3. The molecule has 0 N–H and O–H groups in total. The molecular formula is C9H13N3OS2. The second-order valence-corrected chi connectivity index (χ2v) is 5.37. The molecule has 2 heterocycles. The maximum absolute atomic E-state index is 11.7. The monoisotopic (exact) mass is 243 g/mol. The zero-order chi connectivity index (χ0) is 10.7. The lowest BCUT2D eigenvalue weighted by Gasteiger charge is -2.20. The van der Waals surface area contributed by atoms with Gasteiger partial charge in [0.05, 0.1) is 11.1 Å². The predicted octanol–water partition coefficient (Wildman–Crippen LogP) is 2.13. The third kappa shape index (κ3) is 2.31. The Morgan fingerprint density at radius 1 is 1.67 bits per heavy atom. The van der Waals surface area contributed by atoms with Gasteiger partial charge in [0.15, 0.2) is 0 Å². The highest BCUT2D eigenvalue weighted by molar-refractivity contribution is 8.01. The first kappa shape index (κ1) is 10.9. The lowest BCUT2D eigenvalue weighted by atomic mass is 10.2. The first-order valence-electron chi connectivity index (χ1n) is 5.02. The molecule has 0 bridgehead atoms. The Morgan fingerprint density at radius 3 is 3.20 bits per heavy atom. The number of unbranched alkanes of at least 4 members (excludes halogenated alkanes) is 1. The maximum atomic E-state index is 11.7. The van der Waals surface area contributed by atoms with E-state index in [-0.39, 0.29) is 11.3 Å². The van der Waals surface area contributed by atoms with Gasteiger partial charge in [0, 0.05) is 0 Å². The number of hydrogen-bond acceptors (Lipinski definition) is 5. The second kappa shape index (κ2) is 4.94. The molecule has 0 saturated carbocycles. The van der Waals surface area contributed by atoms with Crippen molar-refractivity contribution in [2.75, 3.05) is 10.7 Å². The van der Waals surface area contributed by atoms with Crippen LogP contribution in [0.1, 0.15) is 26.2 Å². The third-order valence-corrected chi connectivity index (χ3v) is 4.25. The Hall–Kier alpha value is -0.620. The molecule has 82 valence electrons. The van der Waals surface area contributed by atoms with Crippen molar-refractivity contribution < 1.29 is 4.79 Å². The Bertz CT molecular complexity index is 328. The zero-order valence-electron chi connectivity index (χ0n) is 8.55. The fourth-order valence-corrected chi connectivity index (χ4v) is 3.43. The van der Waals surface area contributed by atoms with E-state index in [1.807, 2.05) is 0 Å². The summed E-state index contributed by atoms with van der Waals surface area (Å²) in [5, 5.41) is 8.76. The summed E-state index contributed by atoms with van der Waals surface area (Å²) in [5.41, 5.74) is 1.67. The Morgan fingerprint density at radius 2 is 2.53 bits per heavy atom. The van der Waals surface area contributed by atoms with Gasteiger partial charge >= 0.3 is 0 Å². The number of thioether (sulfide) groups is 1. The molecule has 0 spiro atoms. The van der Waals surface area contributed by atoms with Gasteiger partial charge in [-0.05, 0) is 6.42 Å². The number of aromatic nitrogens is 2. The molecule has 0 aromatic carbocycles. The average molecular weight is 243 g/mol. The van der Waals surface area contributed by atoms with E-state index >= 15 is 0 Å². The van der Waals surface area contributed by atoms with Crippen LogP contribution in [0.2, 0.25) is 0 Å². The summed E-state index contributed by atoms with van der Waals surface area (Å²) in [6.45, 7) is 2.16. The lowest BCUT2D eigenvalue weighted by molar-refractivity contribution is -0.115. The third-order valence-electron chi connectivity index (χ3n) is 2.32. The molecule has 0 aliphatic carbocycles. The van der Waals surface area contributed by atoms with Crippen molar-refractivity contribution in [3.05, 3.63) is 5.51 Å². The number of carbonyl (C=O) groups excluding carboxylic acids is 1. The fourth-order valence-electron chi connectivity index (χ4n) is 1.57. The first-order chi connectivity index (χ1) is 7.33. The van der Waals surface area contributed by atoms with Crippen molar-refractivity contribution in [1.82, 2.24) is 10.2 Å². The van der Waals surface area contributed by atoms with Gasteiger partial charge in [-0.3, -0.25) is 9.69 Å². The van der Waals surface area contributed by atoms with Crippen LogP contribution in [0.3, 0.4) is 0 Å². The number of nitrogens with zero attached hydrogens (tertiary/aromatic N) is 3. The van der Waals surface area contributed by atoms with Gasteiger partial charge in [-0.2, -0.15) is 0 Å². The van der Waals surface area contributed by atoms with Gasteiger partial charge in [0.25, 0.3) is 0 Å². The molecule has 0 radical (unpaired) electrons. The molecule has 1 fully saturated rings. The van der Waals surface area contributed by atoms with Crippen LogP contribution in [-0.2, 0) is 4.79 Å². The first-order valence-corrected chi connectivity index (χ1v) is 6.95. The smallest absolute Gasteiger partial charge is 0.239 e. The van der Waals surface area contributed by atoms with Crippen molar-refractivity contribution in [3.8, 4) is 0 Å². The molecule has 4 nitrogen and oxygen atoms in total. The molecule has 2 rings (SSSR count). The molecular weight excluding hydrogens is 230 g/mol. The number of amides is 1. The topological polar surface area (TPSA) is 46.1 Å². The van der Waals surface area contributed by atoms with Crippen LogP contribution in [-0.4, -0.2) is 27.2 Å². The van der Waals surface area contributed by atoms with Crippen LogP contribution in [0.25, 0.3) is 0 Å². The largest absolute Gasteiger partial charge is 0.273 e. The van der Waals surface area contributed by atoms with Gasteiger partial charge in [-0.1, -0.05) is 31.1 Å². The molecule has 1 atom stereocenters. The van der Waals surface area contributed by atoms with Crippen molar-refractivity contribution in [3.63, 3.8) is 0 Å². The van der Waals surface area contributed by atoms with Crippen LogP contribution in [0.5, 0.6) is 0 Å². The Kier molecular flexibility index (Phi) is 3.58. The molecule has 15 heavy (non-hydrogen) atoms. The van der Waals surface area contributed by atoms with E-state index in [0.717, 1.165) is 24.4 Å². The minimum atomic E-state index is 0.165. The van der Waals surface area contributed by atoms with Crippen LogP contribution < -0.4 is 4.90 Å². The van der Waals surface area contributed by atoms with E-state index in [0.29, 0.717) is 5.75 Å². The maximum Gasteiger partial charge on any atom is 0.239 e. The van der Waals surface area contributed by atoms with E-state index in [1.165, 1.54) is 11.3 Å². The highest BCUT2D eigenvalue weighted by Crippen LogP contribution is 2.33. The number of rotatable bonds is 4. The minimum absolute atomic E-state index is 0.165. The van der Waals surface area contributed by atoms with Crippen molar-refractivity contribution in [2.45, 2.75) is 31.6 Å². The average Bonchev–Trinajstić information content (AvgIpc) is 2.84. The highest BCUT2D eigenvalue weighted by Gasteiger charge is 2.33. The van der Waals surface area contributed by atoms with Crippen molar-refractivity contribution in [2.24, 2.45) is 0 Å². The Balaban J connectivity index is 2.08. The number of hydrogen-bond donors (Lipinski definition) is 0. The number of carbonyl (C=O) groups is 1. The van der Waals surface area contributed by atoms with E-state index in [4.69, 9.17) is 0 Å². The molecule has 1 aliphatic rings. The molecule has 6 heteroatoms. The summed E-state index contributed by atoms with van der Waals surface area (Å²) in [6, 6.07) is 0. The second-order valence-electron chi connectivity index (χ2n) is 3.39. The SMILES string of the molecule is CCCCC1SCC(=O)N1c1nncs1. The van der Waals surface area contributed by atoms with E-state index in [1.54, 1.807) is 22.2 Å². The summed E-state index contributed by atoms with van der Waals surface area (Å²) in [4.78, 5) is 13.5. The molecule has 1 aromatic rings. The fraction of sp³-hybridized carbons (Fsp3) is 0.667. The molecule has 1 aromatic heterocycles. The van der Waals surface area contributed by atoms with E-state index in [9.17, 15) is 4.79 Å². The molecule has 1 amide bonds. The summed E-state index contributed by atoms with van der Waals surface area (Å²) >= 11 is 3.14. The van der Waals surface area contributed by atoms with Gasteiger partial charge in [-0.25, -0.2) is 0 Å². The minimum Gasteiger partial charge on any atom is -0.273 e. The van der Waals surface area contributed by atoms with Gasteiger partial charge in [0.1, 0.15) is 5.51 Å². The van der Waals surface area contributed by atoms with Crippen LogP contribution >= 0.6 is 23.1 Å². The van der Waals surface area contributed by atoms with Gasteiger partial charge in [0.2, 0.25) is 11.0 Å².